The number of aryl methyl sites for hydroxylation is 1. The lowest BCUT2D eigenvalue weighted by Crippen LogP contribution is -3.00. The molecule has 0 radical (unpaired) electrons. The van der Waals surface area contributed by atoms with Crippen molar-refractivity contribution in [2.45, 2.75) is 133 Å². The van der Waals surface area contributed by atoms with E-state index in [4.69, 9.17) is 23.2 Å². The van der Waals surface area contributed by atoms with Crippen LogP contribution in [0.25, 0.3) is 0 Å². The highest BCUT2D eigenvalue weighted by Crippen LogP contribution is 2.60. The van der Waals surface area contributed by atoms with E-state index in [1.807, 2.05) is 12.4 Å². The van der Waals surface area contributed by atoms with E-state index in [1.54, 1.807) is 18.2 Å². The van der Waals surface area contributed by atoms with Gasteiger partial charge in [0.15, 0.2) is 0 Å². The van der Waals surface area contributed by atoms with Crippen LogP contribution in [0, 0.1) is 0 Å². The van der Waals surface area contributed by atoms with Gasteiger partial charge in [-0.15, -0.1) is 0 Å². The summed E-state index contributed by atoms with van der Waals surface area (Å²) in [5, 5.41) is 1.13. The van der Waals surface area contributed by atoms with Crippen LogP contribution < -0.4 is 17.0 Å². The molecule has 0 unspecified atom stereocenters. The fourth-order valence-electron chi connectivity index (χ4n) is 5.14. The Hall–Kier alpha value is -1.61. The molecule has 2 rings (SSSR count). The quantitative estimate of drug-likeness (QED) is 0.0766. The maximum Gasteiger partial charge on any atom is 0.460 e. The number of rotatable bonds is 19. The first-order valence-corrected chi connectivity index (χ1v) is 15.7. The average Bonchev–Trinajstić information content (AvgIpc) is 3.35. The minimum Gasteiger partial charge on any atom is -1.00 e. The molecule has 0 aliphatic rings. The number of aromatic nitrogens is 2. The maximum atomic E-state index is 13.9. The fraction of sp³-hybridized carbons (Fsp3) is 0.700. The zero-order valence-electron chi connectivity index (χ0n) is 25.9. The van der Waals surface area contributed by atoms with Crippen molar-refractivity contribution in [1.29, 1.82) is 0 Å². The summed E-state index contributed by atoms with van der Waals surface area (Å²) < 4.78 is 176. The summed E-state index contributed by atoms with van der Waals surface area (Å²) in [6.07, 6.45) is -2.12. The molecule has 0 amide bonds. The molecular formula is C30H36Cl3F13N2. The molecule has 0 aliphatic carbocycles. The smallest absolute Gasteiger partial charge is 0.460 e. The summed E-state index contributed by atoms with van der Waals surface area (Å²) in [7, 11) is 0. The SMILES string of the molecule is CC(C)c1n(CCCCCCCCCCCC(F)(F)C(F)(F)C(F)(F)C(F)(F)C(F)(F)C(F)(F)F)cc[n+]1Cc1c(Cl)cccc1Cl.[Cl-]. The van der Waals surface area contributed by atoms with Crippen LogP contribution in [0.3, 0.4) is 0 Å². The molecule has 2 nitrogen and oxygen atoms in total. The third-order valence-corrected chi connectivity index (χ3v) is 8.52. The van der Waals surface area contributed by atoms with Crippen LogP contribution in [0.4, 0.5) is 57.1 Å². The van der Waals surface area contributed by atoms with Crippen molar-refractivity contribution in [3.8, 4) is 0 Å². The minimum absolute atomic E-state index is 0. The largest absolute Gasteiger partial charge is 1.00 e. The van der Waals surface area contributed by atoms with E-state index in [-0.39, 0.29) is 31.2 Å². The number of imidazole rings is 1. The number of hydrogen-bond acceptors (Lipinski definition) is 0. The third kappa shape index (κ3) is 9.58. The maximum absolute atomic E-state index is 13.9. The van der Waals surface area contributed by atoms with Crippen LogP contribution in [-0.2, 0) is 13.1 Å². The summed E-state index contributed by atoms with van der Waals surface area (Å²) in [5.74, 6) is -35.2. The Morgan fingerprint density at radius 2 is 1.08 bits per heavy atom. The Morgan fingerprint density at radius 3 is 1.54 bits per heavy atom. The summed E-state index contributed by atoms with van der Waals surface area (Å²) in [4.78, 5) is 0. The van der Waals surface area contributed by atoms with Crippen LogP contribution in [0.2, 0.25) is 10.0 Å². The van der Waals surface area contributed by atoms with E-state index in [0.29, 0.717) is 29.4 Å². The first-order valence-electron chi connectivity index (χ1n) is 14.9. The molecule has 0 atom stereocenters. The van der Waals surface area contributed by atoms with Gasteiger partial charge < -0.3 is 12.4 Å². The molecule has 48 heavy (non-hydrogen) atoms. The fourth-order valence-corrected chi connectivity index (χ4v) is 5.66. The molecule has 0 aliphatic heterocycles. The normalized spacial score (nSPS) is 13.7. The number of alkyl halides is 13. The first kappa shape index (κ1) is 44.4. The Morgan fingerprint density at radius 1 is 0.646 bits per heavy atom. The van der Waals surface area contributed by atoms with E-state index in [1.165, 1.54) is 0 Å². The van der Waals surface area contributed by atoms with Gasteiger partial charge in [0, 0.05) is 22.0 Å². The lowest BCUT2D eigenvalue weighted by molar-refractivity contribution is -0.696. The van der Waals surface area contributed by atoms with E-state index in [9.17, 15) is 57.1 Å². The zero-order valence-corrected chi connectivity index (χ0v) is 28.2. The van der Waals surface area contributed by atoms with Crippen LogP contribution in [0.15, 0.2) is 30.6 Å². The Balaban J connectivity index is 0.0000115. The molecule has 1 aromatic carbocycles. The second-order valence-corrected chi connectivity index (χ2v) is 12.6. The molecule has 1 heterocycles. The highest BCUT2D eigenvalue weighted by Gasteiger charge is 2.90. The molecule has 0 spiro atoms. The highest BCUT2D eigenvalue weighted by molar-refractivity contribution is 6.35. The van der Waals surface area contributed by atoms with Gasteiger partial charge in [0.25, 0.3) is 5.82 Å². The molecule has 0 bridgehead atoms. The number of hydrogen-bond donors (Lipinski definition) is 0. The monoisotopic (exact) mass is 776 g/mol. The van der Waals surface area contributed by atoms with Gasteiger partial charge in [-0.3, -0.25) is 0 Å². The van der Waals surface area contributed by atoms with Crippen LogP contribution >= 0.6 is 23.2 Å². The van der Waals surface area contributed by atoms with Gasteiger partial charge in [0.05, 0.1) is 12.5 Å². The first-order chi connectivity index (χ1) is 21.4. The summed E-state index contributed by atoms with van der Waals surface area (Å²) >= 11 is 12.6. The predicted octanol–water partition coefficient (Wildman–Crippen LogP) is 8.90. The van der Waals surface area contributed by atoms with Gasteiger partial charge in [-0.05, 0) is 31.4 Å². The average molecular weight is 778 g/mol. The van der Waals surface area contributed by atoms with Crippen molar-refractivity contribution in [2.75, 3.05) is 0 Å². The molecule has 0 saturated heterocycles. The van der Waals surface area contributed by atoms with Gasteiger partial charge in [-0.2, -0.15) is 57.1 Å². The van der Waals surface area contributed by atoms with Gasteiger partial charge in [0.2, 0.25) is 0 Å². The summed E-state index contributed by atoms with van der Waals surface area (Å²) in [6, 6.07) is 5.31. The van der Waals surface area contributed by atoms with Gasteiger partial charge >= 0.3 is 35.8 Å². The second kappa shape index (κ2) is 17.1. The Bertz CT molecular complexity index is 1280. The van der Waals surface area contributed by atoms with Crippen molar-refractivity contribution in [2.24, 2.45) is 0 Å². The van der Waals surface area contributed by atoms with Gasteiger partial charge in [-0.1, -0.05) is 81.6 Å². The van der Waals surface area contributed by atoms with Crippen LogP contribution in [0.5, 0.6) is 0 Å². The van der Waals surface area contributed by atoms with E-state index >= 15 is 0 Å². The lowest BCUT2D eigenvalue weighted by Gasteiger charge is -2.39. The zero-order chi connectivity index (χ0) is 36.1. The molecule has 18 heteroatoms. The molecule has 2 aromatic rings. The second-order valence-electron chi connectivity index (χ2n) is 11.8. The van der Waals surface area contributed by atoms with Crippen molar-refractivity contribution >= 4 is 23.2 Å². The molecule has 0 N–H and O–H groups in total. The third-order valence-electron chi connectivity index (χ3n) is 7.81. The number of benzene rings is 1. The number of nitrogens with zero attached hydrogens (tertiary/aromatic N) is 2. The summed E-state index contributed by atoms with van der Waals surface area (Å²) in [5.41, 5.74) is 0.811. The Kier molecular flexibility index (Phi) is 15.8. The molecule has 0 saturated carbocycles. The molecule has 278 valence electrons. The molecular weight excluding hydrogens is 742 g/mol. The predicted molar refractivity (Wildman–Crippen MR) is 151 cm³/mol. The summed E-state index contributed by atoms with van der Waals surface area (Å²) in [6.45, 7) is 5.38. The van der Waals surface area contributed by atoms with Gasteiger partial charge in [0.1, 0.15) is 18.9 Å². The van der Waals surface area contributed by atoms with E-state index in [2.05, 4.69) is 23.0 Å². The van der Waals surface area contributed by atoms with Crippen molar-refractivity contribution < 1.29 is 74.0 Å². The Labute approximate surface area is 286 Å². The van der Waals surface area contributed by atoms with E-state index < -0.39 is 48.6 Å². The number of halogens is 16. The minimum atomic E-state index is -7.85. The van der Waals surface area contributed by atoms with Crippen LogP contribution in [-0.4, -0.2) is 40.4 Å². The standard InChI is InChI=1S/C30H36Cl2F13N2.ClH/c1-20(2)24-46(17-18-47(24)19-21-22(31)13-12-14-23(21)32)16-11-9-7-5-3-4-6-8-10-15-25(33,34)26(35,36)27(37,38)28(39,40)29(41,42)30(43,44)45;/h12-14,17-18,20H,3-11,15-16,19H2,1-2H3;1H/q+1;/p-1. The lowest BCUT2D eigenvalue weighted by atomic mass is 9.91. The van der Waals surface area contributed by atoms with Gasteiger partial charge in [-0.25, -0.2) is 9.13 Å². The molecule has 0 fully saturated rings. The van der Waals surface area contributed by atoms with Crippen LogP contribution in [0.1, 0.15) is 95.4 Å². The van der Waals surface area contributed by atoms with Crippen molar-refractivity contribution in [1.82, 2.24) is 4.57 Å². The topological polar surface area (TPSA) is 8.81 Å². The van der Waals surface area contributed by atoms with Crippen molar-refractivity contribution in [3.05, 3.63) is 52.0 Å². The molecule has 1 aromatic heterocycles. The van der Waals surface area contributed by atoms with E-state index in [0.717, 1.165) is 43.6 Å². The number of unbranched alkanes of at least 4 members (excludes halogenated alkanes) is 8. The highest BCUT2D eigenvalue weighted by atomic mass is 35.5. The van der Waals surface area contributed by atoms with Crippen molar-refractivity contribution in [3.63, 3.8) is 0 Å².